The third kappa shape index (κ3) is 4.63. The van der Waals surface area contributed by atoms with E-state index in [0.717, 1.165) is 24.8 Å². The van der Waals surface area contributed by atoms with Crippen molar-refractivity contribution in [1.82, 2.24) is 20.1 Å². The summed E-state index contributed by atoms with van der Waals surface area (Å²) in [5.74, 6) is -1.12. The molecule has 2 aliphatic heterocycles. The summed E-state index contributed by atoms with van der Waals surface area (Å²) in [6.45, 7) is 2.72. The number of amides is 3. The maximum atomic E-state index is 12.7. The predicted octanol–water partition coefficient (Wildman–Crippen LogP) is -0.289. The molecule has 2 fully saturated rings. The lowest BCUT2D eigenvalue weighted by Crippen LogP contribution is -2.50. The number of nitrogens with two attached hydrogens (primary N) is 1. The zero-order valence-corrected chi connectivity index (χ0v) is 15.5. The summed E-state index contributed by atoms with van der Waals surface area (Å²) in [5.41, 5.74) is 6.50. The molecule has 0 spiro atoms. The molecule has 0 aliphatic carbocycles. The number of nitrogens with one attached hydrogen (secondary N) is 1. The van der Waals surface area contributed by atoms with Gasteiger partial charge in [0, 0.05) is 57.6 Å². The maximum absolute atomic E-state index is 12.7. The summed E-state index contributed by atoms with van der Waals surface area (Å²) in [5, 5.41) is 2.77. The van der Waals surface area contributed by atoms with Crippen molar-refractivity contribution in [3.8, 4) is 0 Å². The van der Waals surface area contributed by atoms with E-state index in [1.165, 1.54) is 4.90 Å². The molecule has 2 aliphatic rings. The molecule has 1 aromatic rings. The van der Waals surface area contributed by atoms with Crippen LogP contribution < -0.4 is 11.1 Å². The minimum absolute atomic E-state index is 0.0942. The van der Waals surface area contributed by atoms with Crippen molar-refractivity contribution in [2.75, 3.05) is 39.3 Å². The molecule has 1 aromatic heterocycles. The van der Waals surface area contributed by atoms with E-state index in [1.807, 2.05) is 18.3 Å². The van der Waals surface area contributed by atoms with E-state index in [4.69, 9.17) is 5.73 Å². The molecule has 146 valence electrons. The molecular weight excluding hydrogens is 346 g/mol. The van der Waals surface area contributed by atoms with Crippen molar-refractivity contribution in [3.63, 3.8) is 0 Å². The van der Waals surface area contributed by atoms with Crippen LogP contribution in [0, 0.1) is 5.92 Å². The van der Waals surface area contributed by atoms with Gasteiger partial charge in [-0.2, -0.15) is 0 Å². The second-order valence-corrected chi connectivity index (χ2v) is 7.19. The van der Waals surface area contributed by atoms with Gasteiger partial charge >= 0.3 is 11.8 Å². The van der Waals surface area contributed by atoms with Gasteiger partial charge in [0.1, 0.15) is 0 Å². The molecule has 2 atom stereocenters. The molecule has 2 saturated heterocycles. The number of pyridine rings is 1. The number of aromatic nitrogens is 1. The minimum Gasteiger partial charge on any atom is -0.355 e. The van der Waals surface area contributed by atoms with E-state index in [1.54, 1.807) is 11.1 Å². The molecule has 8 heteroatoms. The number of likely N-dealkylation sites (tertiary alicyclic amines) is 2. The first-order valence-corrected chi connectivity index (χ1v) is 9.56. The quantitative estimate of drug-likeness (QED) is 0.705. The van der Waals surface area contributed by atoms with Crippen LogP contribution in [0.1, 0.15) is 30.7 Å². The number of carbonyl (C=O) groups excluding carboxylic acids is 3. The molecule has 3 N–H and O–H groups in total. The van der Waals surface area contributed by atoms with Crippen LogP contribution in [0.25, 0.3) is 0 Å². The van der Waals surface area contributed by atoms with Crippen molar-refractivity contribution < 1.29 is 14.4 Å². The van der Waals surface area contributed by atoms with Crippen LogP contribution in [0.2, 0.25) is 0 Å². The monoisotopic (exact) mass is 373 g/mol. The lowest BCUT2D eigenvalue weighted by molar-refractivity contribution is -0.152. The first-order valence-electron chi connectivity index (χ1n) is 9.56. The van der Waals surface area contributed by atoms with Crippen molar-refractivity contribution in [3.05, 3.63) is 30.1 Å². The largest absolute Gasteiger partial charge is 0.355 e. The zero-order chi connectivity index (χ0) is 19.2. The second-order valence-electron chi connectivity index (χ2n) is 7.19. The van der Waals surface area contributed by atoms with Gasteiger partial charge in [0.05, 0.1) is 5.92 Å². The molecule has 8 nitrogen and oxygen atoms in total. The summed E-state index contributed by atoms with van der Waals surface area (Å²) in [4.78, 5) is 44.8. The standard InChI is InChI=1S/C19H27N5O3/c20-6-8-22-17(25)16-4-2-9-23(13-16)18(26)19(27)24-10-5-15(12-24)14-3-1-7-21-11-14/h1,3,7,11,15-16H,2,4-6,8-10,12-13,20H2,(H,22,25). The molecule has 0 radical (unpaired) electrons. The Morgan fingerprint density at radius 2 is 1.93 bits per heavy atom. The van der Waals surface area contributed by atoms with Crippen LogP contribution in [0.5, 0.6) is 0 Å². The minimum atomic E-state index is -0.502. The number of hydrogen-bond acceptors (Lipinski definition) is 5. The Bertz CT molecular complexity index is 681. The SMILES string of the molecule is NCCNC(=O)C1CCCN(C(=O)C(=O)N2CCC(c3cccnc3)C2)C1. The third-order valence-corrected chi connectivity index (χ3v) is 5.34. The first kappa shape index (κ1) is 19.3. The zero-order valence-electron chi connectivity index (χ0n) is 15.5. The molecule has 3 rings (SSSR count). The number of piperidine rings is 1. The summed E-state index contributed by atoms with van der Waals surface area (Å²) in [7, 11) is 0. The maximum Gasteiger partial charge on any atom is 0.312 e. The smallest absolute Gasteiger partial charge is 0.312 e. The van der Waals surface area contributed by atoms with Crippen molar-refractivity contribution in [2.24, 2.45) is 11.7 Å². The number of rotatable bonds is 4. The van der Waals surface area contributed by atoms with Gasteiger partial charge in [-0.25, -0.2) is 0 Å². The Morgan fingerprint density at radius 1 is 1.15 bits per heavy atom. The predicted molar refractivity (Wildman–Crippen MR) is 99.5 cm³/mol. The van der Waals surface area contributed by atoms with Gasteiger partial charge in [0.25, 0.3) is 0 Å². The van der Waals surface area contributed by atoms with Crippen molar-refractivity contribution in [1.29, 1.82) is 0 Å². The Kier molecular flexibility index (Phi) is 6.39. The third-order valence-electron chi connectivity index (χ3n) is 5.34. The second kappa shape index (κ2) is 8.94. The molecule has 27 heavy (non-hydrogen) atoms. The number of nitrogens with zero attached hydrogens (tertiary/aromatic N) is 3. The molecule has 2 unspecified atom stereocenters. The molecular formula is C19H27N5O3. The Balaban J connectivity index is 1.55. The highest BCUT2D eigenvalue weighted by Crippen LogP contribution is 2.27. The van der Waals surface area contributed by atoms with Gasteiger partial charge in [-0.3, -0.25) is 19.4 Å². The fourth-order valence-corrected chi connectivity index (χ4v) is 3.82. The van der Waals surface area contributed by atoms with Gasteiger partial charge in [-0.15, -0.1) is 0 Å². The van der Waals surface area contributed by atoms with Gasteiger partial charge in [0.2, 0.25) is 5.91 Å². The van der Waals surface area contributed by atoms with Crippen molar-refractivity contribution >= 4 is 17.7 Å². The molecule has 3 heterocycles. The molecule has 0 saturated carbocycles. The van der Waals surface area contributed by atoms with Crippen LogP contribution in [-0.4, -0.2) is 71.8 Å². The van der Waals surface area contributed by atoms with E-state index >= 15 is 0 Å². The van der Waals surface area contributed by atoms with Gasteiger partial charge in [-0.1, -0.05) is 6.07 Å². The summed E-state index contributed by atoms with van der Waals surface area (Å²) >= 11 is 0. The highest BCUT2D eigenvalue weighted by molar-refractivity contribution is 6.35. The number of carbonyl (C=O) groups is 3. The average Bonchev–Trinajstić information content (AvgIpc) is 3.22. The fraction of sp³-hybridized carbons (Fsp3) is 0.579. The van der Waals surface area contributed by atoms with Crippen LogP contribution in [-0.2, 0) is 14.4 Å². The fourth-order valence-electron chi connectivity index (χ4n) is 3.82. The molecule has 0 bridgehead atoms. The average molecular weight is 373 g/mol. The van der Waals surface area contributed by atoms with E-state index in [-0.39, 0.29) is 17.7 Å². The summed E-state index contributed by atoms with van der Waals surface area (Å²) in [6, 6.07) is 3.89. The summed E-state index contributed by atoms with van der Waals surface area (Å²) < 4.78 is 0. The van der Waals surface area contributed by atoms with Gasteiger partial charge in [0.15, 0.2) is 0 Å². The molecule has 3 amide bonds. The van der Waals surface area contributed by atoms with Crippen LogP contribution in [0.15, 0.2) is 24.5 Å². The van der Waals surface area contributed by atoms with E-state index in [2.05, 4.69) is 10.3 Å². The van der Waals surface area contributed by atoms with E-state index < -0.39 is 11.8 Å². The summed E-state index contributed by atoms with van der Waals surface area (Å²) in [6.07, 6.45) is 5.81. The first-order chi connectivity index (χ1) is 13.1. The topological polar surface area (TPSA) is 109 Å². The Morgan fingerprint density at radius 3 is 2.63 bits per heavy atom. The Labute approximate surface area is 159 Å². The highest BCUT2D eigenvalue weighted by atomic mass is 16.2. The Hall–Kier alpha value is -2.48. The van der Waals surface area contributed by atoms with Crippen LogP contribution in [0.4, 0.5) is 0 Å². The van der Waals surface area contributed by atoms with E-state index in [0.29, 0.717) is 39.3 Å². The van der Waals surface area contributed by atoms with Crippen molar-refractivity contribution in [2.45, 2.75) is 25.2 Å². The lowest BCUT2D eigenvalue weighted by Gasteiger charge is -2.32. The van der Waals surface area contributed by atoms with E-state index in [9.17, 15) is 14.4 Å². The number of hydrogen-bond donors (Lipinski definition) is 2. The lowest BCUT2D eigenvalue weighted by atomic mass is 9.97. The van der Waals surface area contributed by atoms with Gasteiger partial charge < -0.3 is 20.9 Å². The van der Waals surface area contributed by atoms with Gasteiger partial charge in [-0.05, 0) is 30.9 Å². The van der Waals surface area contributed by atoms with Crippen LogP contribution in [0.3, 0.4) is 0 Å². The normalized spacial score (nSPS) is 22.6. The molecule has 0 aromatic carbocycles. The highest BCUT2D eigenvalue weighted by Gasteiger charge is 2.36. The van der Waals surface area contributed by atoms with Crippen LogP contribution >= 0.6 is 0 Å².